The summed E-state index contributed by atoms with van der Waals surface area (Å²) in [5.41, 5.74) is 0.699. The molecule has 0 saturated heterocycles. The van der Waals surface area contributed by atoms with Gasteiger partial charge in [0.15, 0.2) is 12.4 Å². The predicted molar refractivity (Wildman–Crippen MR) is 92.0 cm³/mol. The number of aromatic hydroxyl groups is 1. The van der Waals surface area contributed by atoms with Crippen molar-refractivity contribution in [2.75, 3.05) is 31.6 Å². The molecule has 25 heavy (non-hydrogen) atoms. The van der Waals surface area contributed by atoms with Gasteiger partial charge in [-0.2, -0.15) is 0 Å². The summed E-state index contributed by atoms with van der Waals surface area (Å²) in [6.07, 6.45) is -0.846. The Morgan fingerprint density at radius 3 is 2.84 bits per heavy atom. The number of nitrogens with one attached hydrogen (secondary N) is 2. The Kier molecular flexibility index (Phi) is 5.37. The highest BCUT2D eigenvalue weighted by Crippen LogP contribution is 2.41. The second-order valence-corrected chi connectivity index (χ2v) is 5.60. The Bertz CT molecular complexity index is 736. The van der Waals surface area contributed by atoms with E-state index < -0.39 is 6.10 Å². The van der Waals surface area contributed by atoms with Crippen molar-refractivity contribution < 1.29 is 24.5 Å². The lowest BCUT2D eigenvalue weighted by atomic mass is 10.1. The number of ether oxygens (including phenoxy) is 2. The standard InChI is InChI=1S/C18H20N2O5/c21-14-7-6-13(18-17(14)20-16(23)11-25-18)15(22)10-19-8-9-24-12-4-2-1-3-5-12/h1-7,15,19,21-22H,8-11H2,(H,20,23). The minimum atomic E-state index is -0.846. The van der Waals surface area contributed by atoms with Gasteiger partial charge in [0.1, 0.15) is 23.8 Å². The van der Waals surface area contributed by atoms with E-state index in [1.165, 1.54) is 6.07 Å². The summed E-state index contributed by atoms with van der Waals surface area (Å²) in [4.78, 5) is 11.4. The zero-order chi connectivity index (χ0) is 17.6. The van der Waals surface area contributed by atoms with Gasteiger partial charge in [0.25, 0.3) is 5.91 Å². The monoisotopic (exact) mass is 344 g/mol. The van der Waals surface area contributed by atoms with E-state index in [4.69, 9.17) is 9.47 Å². The van der Waals surface area contributed by atoms with Crippen molar-refractivity contribution in [3.8, 4) is 17.2 Å². The van der Waals surface area contributed by atoms with Gasteiger partial charge in [-0.1, -0.05) is 18.2 Å². The molecule has 0 saturated carbocycles. The maximum absolute atomic E-state index is 11.4. The van der Waals surface area contributed by atoms with Gasteiger partial charge in [0.2, 0.25) is 0 Å². The largest absolute Gasteiger partial charge is 0.506 e. The number of fused-ring (bicyclic) bond motifs is 1. The molecule has 0 spiro atoms. The van der Waals surface area contributed by atoms with Crippen molar-refractivity contribution in [3.63, 3.8) is 0 Å². The Balaban J connectivity index is 1.52. The number of hydrogen-bond donors (Lipinski definition) is 4. The summed E-state index contributed by atoms with van der Waals surface area (Å²) in [5, 5.41) is 25.9. The van der Waals surface area contributed by atoms with Gasteiger partial charge in [-0.25, -0.2) is 0 Å². The van der Waals surface area contributed by atoms with Gasteiger partial charge in [-0.05, 0) is 24.3 Å². The number of anilines is 1. The topological polar surface area (TPSA) is 100 Å². The lowest BCUT2D eigenvalue weighted by molar-refractivity contribution is -0.118. The number of phenolic OH excluding ortho intramolecular Hbond substituents is 1. The summed E-state index contributed by atoms with van der Waals surface area (Å²) in [7, 11) is 0. The van der Waals surface area contributed by atoms with E-state index in [-0.39, 0.29) is 30.5 Å². The summed E-state index contributed by atoms with van der Waals surface area (Å²) >= 11 is 0. The molecule has 132 valence electrons. The third kappa shape index (κ3) is 4.20. The lowest BCUT2D eigenvalue weighted by Gasteiger charge is -2.23. The van der Waals surface area contributed by atoms with Gasteiger partial charge in [-0.3, -0.25) is 4.79 Å². The first kappa shape index (κ1) is 17.1. The molecule has 0 fully saturated rings. The number of amides is 1. The third-order valence-corrected chi connectivity index (χ3v) is 3.77. The van der Waals surface area contributed by atoms with Crippen LogP contribution in [0.25, 0.3) is 0 Å². The van der Waals surface area contributed by atoms with Gasteiger partial charge in [0.05, 0.1) is 6.10 Å². The average Bonchev–Trinajstić information content (AvgIpc) is 2.63. The van der Waals surface area contributed by atoms with Crippen molar-refractivity contribution in [2.24, 2.45) is 0 Å². The average molecular weight is 344 g/mol. The van der Waals surface area contributed by atoms with Crippen LogP contribution in [0.5, 0.6) is 17.2 Å². The van der Waals surface area contributed by atoms with Crippen LogP contribution < -0.4 is 20.1 Å². The summed E-state index contributed by atoms with van der Waals surface area (Å²) in [5.74, 6) is 0.657. The summed E-state index contributed by atoms with van der Waals surface area (Å²) in [6, 6.07) is 12.5. The molecule has 2 aromatic rings. The number of hydrogen-bond acceptors (Lipinski definition) is 6. The second-order valence-electron chi connectivity index (χ2n) is 5.60. The van der Waals surface area contributed by atoms with E-state index in [1.54, 1.807) is 6.07 Å². The fraction of sp³-hybridized carbons (Fsp3) is 0.278. The van der Waals surface area contributed by atoms with Crippen LogP contribution in [0.1, 0.15) is 11.7 Å². The summed E-state index contributed by atoms with van der Waals surface area (Å²) < 4.78 is 10.9. The molecule has 7 heteroatoms. The molecule has 0 radical (unpaired) electrons. The molecule has 1 aliphatic rings. The molecular weight excluding hydrogens is 324 g/mol. The normalized spacial score (nSPS) is 14.2. The van der Waals surface area contributed by atoms with Gasteiger partial charge >= 0.3 is 0 Å². The van der Waals surface area contributed by atoms with Crippen molar-refractivity contribution in [3.05, 3.63) is 48.0 Å². The van der Waals surface area contributed by atoms with Crippen molar-refractivity contribution in [2.45, 2.75) is 6.10 Å². The van der Waals surface area contributed by atoms with Crippen LogP contribution in [-0.2, 0) is 4.79 Å². The zero-order valence-electron chi connectivity index (χ0n) is 13.6. The minimum absolute atomic E-state index is 0.0942. The van der Waals surface area contributed by atoms with Crippen LogP contribution in [-0.4, -0.2) is 42.4 Å². The number of aliphatic hydroxyl groups is 1. The molecular formula is C18H20N2O5. The van der Waals surface area contributed by atoms with Crippen LogP contribution in [0.3, 0.4) is 0 Å². The second kappa shape index (κ2) is 7.87. The Morgan fingerprint density at radius 1 is 1.24 bits per heavy atom. The third-order valence-electron chi connectivity index (χ3n) is 3.77. The fourth-order valence-electron chi connectivity index (χ4n) is 2.55. The van der Waals surface area contributed by atoms with Gasteiger partial charge in [0, 0.05) is 18.7 Å². The number of para-hydroxylation sites is 1. The molecule has 3 rings (SSSR count). The maximum Gasteiger partial charge on any atom is 0.262 e. The van der Waals surface area contributed by atoms with Crippen LogP contribution in [0.15, 0.2) is 42.5 Å². The molecule has 0 bridgehead atoms. The number of carbonyl (C=O) groups excluding carboxylic acids is 1. The molecule has 0 aromatic heterocycles. The molecule has 2 aromatic carbocycles. The Labute approximate surface area is 145 Å². The first-order valence-electron chi connectivity index (χ1n) is 8.00. The Morgan fingerprint density at radius 2 is 2.04 bits per heavy atom. The molecule has 1 unspecified atom stereocenters. The molecule has 1 amide bonds. The highest BCUT2D eigenvalue weighted by atomic mass is 16.5. The van der Waals surface area contributed by atoms with Crippen molar-refractivity contribution in [1.82, 2.24) is 5.32 Å². The minimum Gasteiger partial charge on any atom is -0.506 e. The highest BCUT2D eigenvalue weighted by Gasteiger charge is 2.25. The van der Waals surface area contributed by atoms with E-state index >= 15 is 0 Å². The number of aliphatic hydroxyl groups excluding tert-OH is 1. The van der Waals surface area contributed by atoms with Crippen LogP contribution in [0.4, 0.5) is 5.69 Å². The van der Waals surface area contributed by atoms with Crippen LogP contribution in [0, 0.1) is 0 Å². The van der Waals surface area contributed by atoms with E-state index in [2.05, 4.69) is 10.6 Å². The summed E-state index contributed by atoms with van der Waals surface area (Å²) in [6.45, 7) is 1.17. The van der Waals surface area contributed by atoms with E-state index in [9.17, 15) is 15.0 Å². The van der Waals surface area contributed by atoms with Gasteiger partial charge in [-0.15, -0.1) is 0 Å². The van der Waals surface area contributed by atoms with E-state index in [1.807, 2.05) is 30.3 Å². The number of phenols is 1. The van der Waals surface area contributed by atoms with Crippen LogP contribution >= 0.6 is 0 Å². The molecule has 1 heterocycles. The first-order valence-corrected chi connectivity index (χ1v) is 8.00. The molecule has 1 aliphatic heterocycles. The SMILES string of the molecule is O=C1COc2c(C(O)CNCCOc3ccccc3)ccc(O)c2N1. The smallest absolute Gasteiger partial charge is 0.262 e. The highest BCUT2D eigenvalue weighted by molar-refractivity contribution is 5.97. The fourth-order valence-corrected chi connectivity index (χ4v) is 2.55. The number of rotatable bonds is 7. The van der Waals surface area contributed by atoms with Crippen molar-refractivity contribution >= 4 is 11.6 Å². The van der Waals surface area contributed by atoms with E-state index in [0.717, 1.165) is 5.75 Å². The molecule has 7 nitrogen and oxygen atoms in total. The lowest BCUT2D eigenvalue weighted by Crippen LogP contribution is -2.29. The maximum atomic E-state index is 11.4. The number of benzene rings is 2. The number of carbonyl (C=O) groups is 1. The molecule has 1 atom stereocenters. The Hall–Kier alpha value is -2.77. The van der Waals surface area contributed by atoms with Gasteiger partial charge < -0.3 is 30.3 Å². The molecule has 0 aliphatic carbocycles. The first-order chi connectivity index (χ1) is 12.1. The zero-order valence-corrected chi connectivity index (χ0v) is 13.6. The van der Waals surface area contributed by atoms with E-state index in [0.29, 0.717) is 24.5 Å². The molecule has 4 N–H and O–H groups in total. The van der Waals surface area contributed by atoms with Crippen molar-refractivity contribution in [1.29, 1.82) is 0 Å². The predicted octanol–water partition coefficient (Wildman–Crippen LogP) is 1.43. The van der Waals surface area contributed by atoms with Crippen LogP contribution in [0.2, 0.25) is 0 Å². The quantitative estimate of drug-likeness (QED) is 0.448.